The van der Waals surface area contributed by atoms with Crippen molar-refractivity contribution in [2.45, 2.75) is 95.5 Å². The fourth-order valence-electron chi connectivity index (χ4n) is 10.2. The van der Waals surface area contributed by atoms with Crippen molar-refractivity contribution in [1.29, 1.82) is 0 Å². The van der Waals surface area contributed by atoms with E-state index in [2.05, 4.69) is 159 Å². The molecule has 2 atom stereocenters. The van der Waals surface area contributed by atoms with Crippen LogP contribution in [0.25, 0.3) is 33.4 Å². The van der Waals surface area contributed by atoms with E-state index in [1.165, 1.54) is 0 Å². The molecule has 0 spiro atoms. The number of aromatic nitrogens is 6. The molecule has 318 valence electrons. The predicted molar refractivity (Wildman–Crippen MR) is 250 cm³/mol. The topological polar surface area (TPSA) is 91.0 Å². The molecule has 2 aliphatic rings. The maximum atomic E-state index is 14.6. The second kappa shape index (κ2) is 17.8. The molecule has 0 aliphatic carbocycles. The van der Waals surface area contributed by atoms with Crippen molar-refractivity contribution in [2.24, 2.45) is 0 Å². The van der Waals surface area contributed by atoms with Crippen LogP contribution in [-0.2, 0) is 28.9 Å². The Bertz CT molecular complexity index is 2860. The first-order valence-corrected chi connectivity index (χ1v) is 22.4. The number of hydrogen-bond donors (Lipinski definition) is 0. The van der Waals surface area contributed by atoms with Gasteiger partial charge in [0, 0.05) is 30.0 Å². The molecular formula is C54H54N7NaO2. The summed E-state index contributed by atoms with van der Waals surface area (Å²) in [6.45, 7) is 9.26. The molecule has 4 heterocycles. The predicted octanol–water partition coefficient (Wildman–Crippen LogP) is 7.86. The summed E-state index contributed by atoms with van der Waals surface area (Å²) in [5.41, 5.74) is 7.39. The second-order valence-electron chi connectivity index (χ2n) is 18.1. The number of tetrazole rings is 1. The second-order valence-corrected chi connectivity index (χ2v) is 18.1. The van der Waals surface area contributed by atoms with E-state index in [-0.39, 0.29) is 42.1 Å². The molecule has 0 amide bonds. The van der Waals surface area contributed by atoms with Crippen LogP contribution >= 0.6 is 0 Å². The number of unbranched alkanes of at least 4 members (excludes halogenated alkanes) is 1. The first-order chi connectivity index (χ1) is 30.7. The SMILES string of the molecule is CCCCc1nc2ccc([C@]3(C)C[C@H]4CCC(C)(C)N4O3)cc2c(=O)n1Cc1ccc(-c2ccccc2-c2nnnn2C(c2ccccc2)(c2ccccc2)c2ccccc2)cc1.[H-].[Na+]. The minimum Gasteiger partial charge on any atom is -1.00 e. The van der Waals surface area contributed by atoms with Crippen LogP contribution in [0.4, 0.5) is 0 Å². The van der Waals surface area contributed by atoms with Crippen LogP contribution in [0.15, 0.2) is 163 Å². The van der Waals surface area contributed by atoms with Gasteiger partial charge in [0.15, 0.2) is 5.82 Å². The summed E-state index contributed by atoms with van der Waals surface area (Å²) in [6.07, 6.45) is 5.82. The molecule has 0 radical (unpaired) electrons. The summed E-state index contributed by atoms with van der Waals surface area (Å²) in [4.78, 5) is 26.5. The van der Waals surface area contributed by atoms with Crippen LogP contribution in [0.3, 0.4) is 0 Å². The van der Waals surface area contributed by atoms with Gasteiger partial charge in [-0.3, -0.25) is 14.2 Å². The molecule has 0 N–H and O–H groups in total. The van der Waals surface area contributed by atoms with E-state index in [1.54, 1.807) is 0 Å². The fraction of sp³-hybridized carbons (Fsp3) is 0.278. The van der Waals surface area contributed by atoms with Gasteiger partial charge in [-0.05, 0) is 102 Å². The van der Waals surface area contributed by atoms with Crippen molar-refractivity contribution in [3.05, 3.63) is 202 Å². The molecule has 0 unspecified atom stereocenters. The van der Waals surface area contributed by atoms with Crippen LogP contribution in [0, 0.1) is 0 Å². The molecule has 64 heavy (non-hydrogen) atoms. The number of fused-ring (bicyclic) bond motifs is 2. The fourth-order valence-corrected chi connectivity index (χ4v) is 10.2. The van der Waals surface area contributed by atoms with Crippen LogP contribution < -0.4 is 35.1 Å². The van der Waals surface area contributed by atoms with Crippen molar-refractivity contribution in [3.63, 3.8) is 0 Å². The van der Waals surface area contributed by atoms with Gasteiger partial charge in [0.25, 0.3) is 5.56 Å². The van der Waals surface area contributed by atoms with E-state index in [1.807, 2.05) is 45.6 Å². The van der Waals surface area contributed by atoms with E-state index < -0.39 is 11.1 Å². The Labute approximate surface area is 398 Å². The Morgan fingerprint density at radius 2 is 1.38 bits per heavy atom. The van der Waals surface area contributed by atoms with Gasteiger partial charge in [-0.15, -0.1) is 5.10 Å². The van der Waals surface area contributed by atoms with Crippen molar-refractivity contribution < 1.29 is 35.8 Å². The Morgan fingerprint density at radius 3 is 1.98 bits per heavy atom. The first kappa shape index (κ1) is 43.7. The van der Waals surface area contributed by atoms with Gasteiger partial charge in [-0.1, -0.05) is 159 Å². The summed E-state index contributed by atoms with van der Waals surface area (Å²) in [7, 11) is 0. The third-order valence-corrected chi connectivity index (χ3v) is 13.5. The van der Waals surface area contributed by atoms with E-state index in [9.17, 15) is 4.79 Å². The summed E-state index contributed by atoms with van der Waals surface area (Å²) in [6, 6.07) is 54.7. The maximum Gasteiger partial charge on any atom is 1.00 e. The average molecular weight is 856 g/mol. The number of nitrogens with zero attached hydrogens (tertiary/aromatic N) is 7. The molecule has 2 saturated heterocycles. The van der Waals surface area contributed by atoms with Gasteiger partial charge in [-0.2, -0.15) is 5.06 Å². The zero-order valence-corrected chi connectivity index (χ0v) is 39.5. The van der Waals surface area contributed by atoms with Gasteiger partial charge in [-0.25, -0.2) is 9.67 Å². The van der Waals surface area contributed by atoms with E-state index in [4.69, 9.17) is 20.1 Å². The largest absolute Gasteiger partial charge is 1.00 e. The van der Waals surface area contributed by atoms with E-state index in [0.717, 1.165) is 94.4 Å². The van der Waals surface area contributed by atoms with Gasteiger partial charge >= 0.3 is 29.6 Å². The zero-order chi connectivity index (χ0) is 43.2. The van der Waals surface area contributed by atoms with Crippen molar-refractivity contribution in [2.75, 3.05) is 0 Å². The Kier molecular flexibility index (Phi) is 12.1. The van der Waals surface area contributed by atoms with Crippen LogP contribution in [-0.4, -0.2) is 46.4 Å². The molecule has 2 fully saturated rings. The molecular weight excluding hydrogens is 802 g/mol. The molecule has 6 aromatic carbocycles. The smallest absolute Gasteiger partial charge is 1.00 e. The Hall–Kier alpha value is -5.55. The third-order valence-electron chi connectivity index (χ3n) is 13.5. The van der Waals surface area contributed by atoms with Crippen LogP contribution in [0.5, 0.6) is 0 Å². The van der Waals surface area contributed by atoms with Crippen molar-refractivity contribution >= 4 is 10.9 Å². The number of rotatable bonds is 12. The molecule has 0 bridgehead atoms. The van der Waals surface area contributed by atoms with Gasteiger partial charge < -0.3 is 1.43 Å². The molecule has 2 aromatic heterocycles. The van der Waals surface area contributed by atoms with Crippen LogP contribution in [0.2, 0.25) is 0 Å². The normalized spacial score (nSPS) is 18.2. The van der Waals surface area contributed by atoms with E-state index >= 15 is 0 Å². The molecule has 9 nitrogen and oxygen atoms in total. The standard InChI is InChI=1S/C54H53N7O2.Na.H/c1-5-6-26-49-55-48-32-31-43(53(4)36-44-33-34-52(2,3)61(44)63-53)35-47(48)51(62)59(49)37-38-27-29-39(30-28-38)45-24-16-17-25-46(45)50-56-57-58-60(50)54(40-18-10-7-11-19-40,41-20-12-8-13-21-41)42-22-14-9-15-23-42;;/h7-25,27-32,35,44H,5-6,26,33-34,36-37H2,1-4H3;;/q;+1;-1/t44-,53+;;/m1../s1. The first-order valence-electron chi connectivity index (χ1n) is 22.4. The quantitative estimate of drug-likeness (QED) is 0.0914. The summed E-state index contributed by atoms with van der Waals surface area (Å²) in [5, 5.41) is 16.8. The maximum absolute atomic E-state index is 14.6. The third kappa shape index (κ3) is 7.67. The van der Waals surface area contributed by atoms with Gasteiger partial charge in [0.2, 0.25) is 0 Å². The van der Waals surface area contributed by atoms with Crippen LogP contribution in [0.1, 0.15) is 94.9 Å². The number of hydroxylamine groups is 2. The number of benzene rings is 6. The average Bonchev–Trinajstić information content (AvgIpc) is 4.03. The monoisotopic (exact) mass is 855 g/mol. The summed E-state index contributed by atoms with van der Waals surface area (Å²) < 4.78 is 3.86. The van der Waals surface area contributed by atoms with Gasteiger partial charge in [0.1, 0.15) is 17.0 Å². The molecule has 0 saturated carbocycles. The Balaban J connectivity index is 0.00000288. The molecule has 10 rings (SSSR count). The zero-order valence-electron chi connectivity index (χ0n) is 38.5. The Morgan fingerprint density at radius 1 is 0.766 bits per heavy atom. The summed E-state index contributed by atoms with van der Waals surface area (Å²) in [5.74, 6) is 1.45. The molecule has 10 heteroatoms. The van der Waals surface area contributed by atoms with Crippen molar-refractivity contribution in [1.82, 2.24) is 34.8 Å². The minimum absolute atomic E-state index is 0. The van der Waals surface area contributed by atoms with Crippen molar-refractivity contribution in [3.8, 4) is 22.5 Å². The minimum atomic E-state index is -0.882. The van der Waals surface area contributed by atoms with E-state index in [0.29, 0.717) is 23.8 Å². The molecule has 8 aromatic rings. The summed E-state index contributed by atoms with van der Waals surface area (Å²) >= 11 is 0. The molecule has 2 aliphatic heterocycles. The van der Waals surface area contributed by atoms with Gasteiger partial charge in [0.05, 0.1) is 17.4 Å². The number of hydrogen-bond acceptors (Lipinski definition) is 7. The number of aryl methyl sites for hydroxylation is 1.